The van der Waals surface area contributed by atoms with Crippen molar-refractivity contribution in [1.29, 1.82) is 0 Å². The lowest BCUT2D eigenvalue weighted by Crippen LogP contribution is -2.42. The Bertz CT molecular complexity index is 1990. The van der Waals surface area contributed by atoms with Crippen molar-refractivity contribution >= 4 is 39.0 Å². The van der Waals surface area contributed by atoms with E-state index in [-0.39, 0.29) is 22.9 Å². The summed E-state index contributed by atoms with van der Waals surface area (Å²) >= 11 is 0. The maximum absolute atomic E-state index is 16.4. The van der Waals surface area contributed by atoms with E-state index in [2.05, 4.69) is 10.2 Å². The number of aromatic nitrogens is 1. The van der Waals surface area contributed by atoms with Gasteiger partial charge in [0.1, 0.15) is 16.8 Å². The number of halogens is 1. The fraction of sp³-hybridized carbons (Fsp3) is 0.257. The van der Waals surface area contributed by atoms with Crippen LogP contribution in [0, 0.1) is 5.82 Å². The molecule has 2 saturated heterocycles. The van der Waals surface area contributed by atoms with Crippen LogP contribution in [-0.4, -0.2) is 60.8 Å². The highest BCUT2D eigenvalue weighted by atomic mass is 19.1. The van der Waals surface area contributed by atoms with Gasteiger partial charge in [-0.1, -0.05) is 42.5 Å². The number of rotatable bonds is 5. The highest BCUT2D eigenvalue weighted by Crippen LogP contribution is 2.48. The quantitative estimate of drug-likeness (QED) is 0.268. The Kier molecular flexibility index (Phi) is 6.48. The molecule has 1 aromatic heterocycles. The predicted octanol–water partition coefficient (Wildman–Crippen LogP) is 5.94. The third-order valence-corrected chi connectivity index (χ3v) is 8.98. The van der Waals surface area contributed by atoms with Crippen LogP contribution < -0.4 is 20.4 Å². The van der Waals surface area contributed by atoms with Crippen molar-refractivity contribution in [3.8, 4) is 17.2 Å². The van der Waals surface area contributed by atoms with Gasteiger partial charge in [0.25, 0.3) is 5.91 Å². The molecule has 4 aromatic carbocycles. The number of hydrogen-bond acceptors (Lipinski definition) is 6. The zero-order valence-corrected chi connectivity index (χ0v) is 24.1. The largest absolute Gasteiger partial charge is 0.451 e. The Balaban J connectivity index is 1.31. The molecule has 2 fully saturated rings. The molecule has 1 amide bonds. The highest BCUT2D eigenvalue weighted by Gasteiger charge is 2.35. The van der Waals surface area contributed by atoms with E-state index in [9.17, 15) is 9.59 Å². The first kappa shape index (κ1) is 26.7. The van der Waals surface area contributed by atoms with Crippen molar-refractivity contribution in [2.45, 2.75) is 18.9 Å². The fourth-order valence-electron chi connectivity index (χ4n) is 6.78. The summed E-state index contributed by atoms with van der Waals surface area (Å²) in [4.78, 5) is 31.3. The number of morpholine rings is 1. The van der Waals surface area contributed by atoms with Gasteiger partial charge >= 0.3 is 0 Å². The molecule has 0 spiro atoms. The summed E-state index contributed by atoms with van der Waals surface area (Å²) in [6.45, 7) is 2.90. The van der Waals surface area contributed by atoms with Gasteiger partial charge in [0.15, 0.2) is 17.3 Å². The van der Waals surface area contributed by atoms with Crippen LogP contribution >= 0.6 is 0 Å². The monoisotopic (exact) mass is 590 g/mol. The van der Waals surface area contributed by atoms with Gasteiger partial charge < -0.3 is 29.2 Å². The van der Waals surface area contributed by atoms with E-state index in [4.69, 9.17) is 9.47 Å². The number of nitrogens with zero attached hydrogens (tertiary/aromatic N) is 3. The van der Waals surface area contributed by atoms with Gasteiger partial charge in [-0.3, -0.25) is 9.59 Å². The molecule has 1 N–H and O–H groups in total. The molecule has 8 nitrogen and oxygen atoms in total. The van der Waals surface area contributed by atoms with E-state index in [1.54, 1.807) is 11.1 Å². The molecule has 5 aromatic rings. The molecule has 1 atom stereocenters. The summed E-state index contributed by atoms with van der Waals surface area (Å²) < 4.78 is 30.3. The SMILES string of the molecule is O=C(c1cn2c3c(c(N4CCC[C@H]4CNc4ccccc4)c(F)cc3c1=O)Oc1cc3ccccc3cc1-2)N1CCOCC1. The van der Waals surface area contributed by atoms with E-state index in [1.807, 2.05) is 71.3 Å². The Hall–Kier alpha value is -4.89. The number of carbonyl (C=O) groups excluding carboxylic acids is 1. The van der Waals surface area contributed by atoms with Crippen LogP contribution in [0.15, 0.2) is 83.8 Å². The van der Waals surface area contributed by atoms with Crippen molar-refractivity contribution in [3.63, 3.8) is 0 Å². The third kappa shape index (κ3) is 4.38. The van der Waals surface area contributed by atoms with Gasteiger partial charge in [0.2, 0.25) is 5.43 Å². The number of pyridine rings is 1. The topological polar surface area (TPSA) is 76.0 Å². The van der Waals surface area contributed by atoms with E-state index >= 15 is 4.39 Å². The van der Waals surface area contributed by atoms with E-state index in [0.717, 1.165) is 29.3 Å². The van der Waals surface area contributed by atoms with E-state index < -0.39 is 11.2 Å². The molecule has 9 heteroatoms. The van der Waals surface area contributed by atoms with Crippen LogP contribution in [0.4, 0.5) is 15.8 Å². The summed E-state index contributed by atoms with van der Waals surface area (Å²) in [5, 5.41) is 5.57. The Labute approximate surface area is 253 Å². The molecule has 3 aliphatic heterocycles. The summed E-state index contributed by atoms with van der Waals surface area (Å²) in [7, 11) is 0. The van der Waals surface area contributed by atoms with Crippen molar-refractivity contribution in [2.24, 2.45) is 0 Å². The second kappa shape index (κ2) is 10.7. The van der Waals surface area contributed by atoms with Gasteiger partial charge in [0, 0.05) is 44.1 Å². The number of ether oxygens (including phenoxy) is 2. The van der Waals surface area contributed by atoms with Gasteiger partial charge in [-0.05, 0) is 53.9 Å². The average Bonchev–Trinajstić information content (AvgIpc) is 3.52. The zero-order chi connectivity index (χ0) is 29.8. The second-order valence-corrected chi connectivity index (χ2v) is 11.6. The number of anilines is 2. The predicted molar refractivity (Wildman–Crippen MR) is 169 cm³/mol. The first-order chi connectivity index (χ1) is 21.6. The molecule has 0 radical (unpaired) electrons. The standard InChI is InChI=1S/C35H31FN4O4/c36-28-19-26-31-34(32(28)39-12-6-11-25(39)20-37-24-9-2-1-3-10-24)44-30-18-23-8-5-4-7-22(23)17-29(30)40(31)21-27(33(26)41)35(42)38-13-15-43-16-14-38/h1-5,7-10,17-19,21,25,37H,6,11-16,20H2/t25-/m0/s1. The summed E-state index contributed by atoms with van der Waals surface area (Å²) in [5.74, 6) is -0.0776. The maximum atomic E-state index is 16.4. The molecule has 3 aliphatic rings. The number of benzene rings is 4. The highest BCUT2D eigenvalue weighted by molar-refractivity contribution is 6.02. The Morgan fingerprint density at radius 3 is 2.50 bits per heavy atom. The van der Waals surface area contributed by atoms with Crippen molar-refractivity contribution in [2.75, 3.05) is 49.6 Å². The maximum Gasteiger partial charge on any atom is 0.259 e. The minimum atomic E-state index is -0.539. The lowest BCUT2D eigenvalue weighted by molar-refractivity contribution is 0.0302. The fourth-order valence-corrected chi connectivity index (χ4v) is 6.78. The number of hydrogen-bond donors (Lipinski definition) is 1. The molecule has 8 rings (SSSR count). The molecule has 0 bridgehead atoms. The molecule has 0 saturated carbocycles. The van der Waals surface area contributed by atoms with Gasteiger partial charge in [-0.15, -0.1) is 0 Å². The first-order valence-corrected chi connectivity index (χ1v) is 15.1. The van der Waals surface area contributed by atoms with E-state index in [1.165, 1.54) is 6.07 Å². The summed E-state index contributed by atoms with van der Waals surface area (Å²) in [5.41, 5.74) is 2.01. The number of carbonyl (C=O) groups is 1. The van der Waals surface area contributed by atoms with Gasteiger partial charge in [0.05, 0.1) is 24.3 Å². The van der Waals surface area contributed by atoms with Crippen LogP contribution in [0.2, 0.25) is 0 Å². The second-order valence-electron chi connectivity index (χ2n) is 11.6. The van der Waals surface area contributed by atoms with Crippen molar-refractivity contribution < 1.29 is 18.7 Å². The number of para-hydroxylation sites is 1. The lowest BCUT2D eigenvalue weighted by atomic mass is 10.0. The minimum absolute atomic E-state index is 0.00428. The van der Waals surface area contributed by atoms with Crippen LogP contribution in [-0.2, 0) is 4.74 Å². The number of fused-ring (bicyclic) bond motifs is 3. The molecular formula is C35H31FN4O4. The van der Waals surface area contributed by atoms with Crippen molar-refractivity contribution in [3.05, 3.63) is 101 Å². The average molecular weight is 591 g/mol. The van der Waals surface area contributed by atoms with Crippen LogP contribution in [0.5, 0.6) is 11.5 Å². The van der Waals surface area contributed by atoms with Crippen molar-refractivity contribution in [1.82, 2.24) is 9.47 Å². The zero-order valence-electron chi connectivity index (χ0n) is 24.1. The van der Waals surface area contributed by atoms with E-state index in [0.29, 0.717) is 67.8 Å². The molecule has 44 heavy (non-hydrogen) atoms. The van der Waals surface area contributed by atoms with Crippen LogP contribution in [0.1, 0.15) is 23.2 Å². The first-order valence-electron chi connectivity index (χ1n) is 15.1. The number of amides is 1. The lowest BCUT2D eigenvalue weighted by Gasteiger charge is -2.33. The smallest absolute Gasteiger partial charge is 0.259 e. The summed E-state index contributed by atoms with van der Waals surface area (Å²) in [6.07, 6.45) is 3.40. The molecular weight excluding hydrogens is 559 g/mol. The summed E-state index contributed by atoms with van der Waals surface area (Å²) in [6, 6.07) is 23.1. The minimum Gasteiger partial charge on any atom is -0.451 e. The van der Waals surface area contributed by atoms with Crippen LogP contribution in [0.25, 0.3) is 27.4 Å². The molecule has 222 valence electrons. The normalized spacial score (nSPS) is 17.5. The Morgan fingerprint density at radius 2 is 1.70 bits per heavy atom. The van der Waals surface area contributed by atoms with Gasteiger partial charge in [-0.2, -0.15) is 0 Å². The Morgan fingerprint density at radius 1 is 0.955 bits per heavy atom. The molecule has 0 aliphatic carbocycles. The molecule has 0 unspecified atom stereocenters. The molecule has 4 heterocycles. The van der Waals surface area contributed by atoms with Crippen LogP contribution in [0.3, 0.4) is 0 Å². The third-order valence-electron chi connectivity index (χ3n) is 8.98. The number of nitrogens with one attached hydrogen (secondary N) is 1. The van der Waals surface area contributed by atoms with Gasteiger partial charge in [-0.25, -0.2) is 4.39 Å².